The third kappa shape index (κ3) is 3.15. The van der Waals surface area contributed by atoms with E-state index in [0.29, 0.717) is 25.3 Å². The van der Waals surface area contributed by atoms with Crippen LogP contribution in [0, 0.1) is 0 Å². The van der Waals surface area contributed by atoms with Crippen LogP contribution in [0.3, 0.4) is 0 Å². The molecule has 1 N–H and O–H groups in total. The van der Waals surface area contributed by atoms with Crippen molar-refractivity contribution in [1.29, 1.82) is 0 Å². The van der Waals surface area contributed by atoms with Gasteiger partial charge in [-0.2, -0.15) is 0 Å². The maximum atomic E-state index is 13.1. The van der Waals surface area contributed by atoms with E-state index >= 15 is 0 Å². The van der Waals surface area contributed by atoms with Crippen LogP contribution >= 0.6 is 0 Å². The summed E-state index contributed by atoms with van der Waals surface area (Å²) in [4.78, 5) is 15.1. The largest absolute Gasteiger partial charge is 0.486 e. The van der Waals surface area contributed by atoms with Gasteiger partial charge in [0.25, 0.3) is 0 Å². The van der Waals surface area contributed by atoms with Crippen molar-refractivity contribution in [3.05, 3.63) is 23.8 Å². The highest BCUT2D eigenvalue weighted by Gasteiger charge is 2.37. The van der Waals surface area contributed by atoms with Crippen molar-refractivity contribution in [3.8, 4) is 11.5 Å². The number of carbonyl (C=O) groups is 1. The van der Waals surface area contributed by atoms with E-state index in [1.165, 1.54) is 0 Å². The Morgan fingerprint density at radius 2 is 1.74 bits per heavy atom. The van der Waals surface area contributed by atoms with Crippen molar-refractivity contribution in [2.24, 2.45) is 0 Å². The van der Waals surface area contributed by atoms with Crippen LogP contribution in [0.25, 0.3) is 0 Å². The van der Waals surface area contributed by atoms with Crippen LogP contribution in [0.5, 0.6) is 11.5 Å². The molecule has 0 aliphatic carbocycles. The number of fused-ring (bicyclic) bond motifs is 1. The van der Waals surface area contributed by atoms with Crippen LogP contribution in [0.15, 0.2) is 18.2 Å². The van der Waals surface area contributed by atoms with Gasteiger partial charge in [0.05, 0.1) is 5.41 Å². The zero-order valence-electron chi connectivity index (χ0n) is 14.4. The summed E-state index contributed by atoms with van der Waals surface area (Å²) in [5.74, 6) is 1.65. The standard InChI is InChI=1S/C18H26N2O3/c1-12-10-20(11-13(2)19-12)17(21)18(3,4)14-5-6-15-16(9-14)23-8-7-22-15/h5-6,9,12-13,19H,7-8,10-11H2,1-4H3/t12-,13-/m0/s1. The molecule has 0 radical (unpaired) electrons. The summed E-state index contributed by atoms with van der Waals surface area (Å²) in [5.41, 5.74) is 0.373. The minimum atomic E-state index is -0.591. The average Bonchev–Trinajstić information content (AvgIpc) is 2.52. The van der Waals surface area contributed by atoms with Crippen molar-refractivity contribution in [1.82, 2.24) is 10.2 Å². The van der Waals surface area contributed by atoms with Gasteiger partial charge in [-0.25, -0.2) is 0 Å². The minimum Gasteiger partial charge on any atom is -0.486 e. The van der Waals surface area contributed by atoms with Crippen molar-refractivity contribution in [2.75, 3.05) is 26.3 Å². The van der Waals surface area contributed by atoms with E-state index < -0.39 is 5.41 Å². The Bertz CT molecular complexity index is 590. The fourth-order valence-electron chi connectivity index (χ4n) is 3.44. The van der Waals surface area contributed by atoms with E-state index in [0.717, 1.165) is 30.2 Å². The maximum Gasteiger partial charge on any atom is 0.232 e. The minimum absolute atomic E-state index is 0.161. The van der Waals surface area contributed by atoms with Gasteiger partial charge in [0.2, 0.25) is 5.91 Å². The van der Waals surface area contributed by atoms with Crippen LogP contribution in [0.4, 0.5) is 0 Å². The van der Waals surface area contributed by atoms with Gasteiger partial charge in [0, 0.05) is 25.2 Å². The number of carbonyl (C=O) groups excluding carboxylic acids is 1. The number of hydrogen-bond acceptors (Lipinski definition) is 4. The monoisotopic (exact) mass is 318 g/mol. The third-order valence-electron chi connectivity index (χ3n) is 4.64. The van der Waals surface area contributed by atoms with Crippen molar-refractivity contribution in [2.45, 2.75) is 45.2 Å². The van der Waals surface area contributed by atoms with E-state index in [4.69, 9.17) is 9.47 Å². The first-order valence-corrected chi connectivity index (χ1v) is 8.33. The topological polar surface area (TPSA) is 50.8 Å². The van der Waals surface area contributed by atoms with Crippen molar-refractivity contribution < 1.29 is 14.3 Å². The van der Waals surface area contributed by atoms with Gasteiger partial charge in [-0.15, -0.1) is 0 Å². The molecular weight excluding hydrogens is 292 g/mol. The summed E-state index contributed by atoms with van der Waals surface area (Å²) in [6.45, 7) is 10.8. The Labute approximate surface area is 137 Å². The first-order valence-electron chi connectivity index (χ1n) is 8.33. The van der Waals surface area contributed by atoms with Gasteiger partial charge in [0.15, 0.2) is 11.5 Å². The molecule has 1 fully saturated rings. The molecule has 2 aliphatic heterocycles. The number of rotatable bonds is 2. The predicted octanol–water partition coefficient (Wildman–Crippen LogP) is 1.94. The number of nitrogens with one attached hydrogen (secondary N) is 1. The Morgan fingerprint density at radius 1 is 1.13 bits per heavy atom. The molecule has 3 rings (SSSR count). The van der Waals surface area contributed by atoms with E-state index in [2.05, 4.69) is 19.2 Å². The summed E-state index contributed by atoms with van der Waals surface area (Å²) in [7, 11) is 0. The van der Waals surface area contributed by atoms with E-state index in [9.17, 15) is 4.79 Å². The molecule has 126 valence electrons. The summed E-state index contributed by atoms with van der Waals surface area (Å²) in [6, 6.07) is 6.46. The van der Waals surface area contributed by atoms with Crippen LogP contribution in [-0.2, 0) is 10.2 Å². The van der Waals surface area contributed by atoms with E-state index in [1.807, 2.05) is 36.9 Å². The maximum absolute atomic E-state index is 13.1. The quantitative estimate of drug-likeness (QED) is 0.905. The molecule has 0 saturated carbocycles. The normalized spacial score (nSPS) is 24.4. The Hall–Kier alpha value is -1.75. The highest BCUT2D eigenvalue weighted by atomic mass is 16.6. The molecule has 2 atom stereocenters. The molecule has 0 aromatic heterocycles. The van der Waals surface area contributed by atoms with E-state index in [1.54, 1.807) is 0 Å². The Kier molecular flexibility index (Phi) is 4.23. The molecule has 1 aromatic rings. The average molecular weight is 318 g/mol. The number of nitrogens with zero attached hydrogens (tertiary/aromatic N) is 1. The zero-order chi connectivity index (χ0) is 16.6. The first kappa shape index (κ1) is 16.1. The predicted molar refractivity (Wildman–Crippen MR) is 89.1 cm³/mol. The SMILES string of the molecule is C[C@H]1CN(C(=O)C(C)(C)c2ccc3c(c2)OCCO3)C[C@H](C)N1. The number of hydrogen-bond donors (Lipinski definition) is 1. The molecule has 0 unspecified atom stereocenters. The molecular formula is C18H26N2O3. The summed E-state index contributed by atoms with van der Waals surface area (Å²) < 4.78 is 11.2. The first-order chi connectivity index (χ1) is 10.9. The second-order valence-corrected chi connectivity index (χ2v) is 7.16. The number of amides is 1. The lowest BCUT2D eigenvalue weighted by molar-refractivity contribution is -0.138. The van der Waals surface area contributed by atoms with Gasteiger partial charge in [-0.05, 0) is 45.4 Å². The lowest BCUT2D eigenvalue weighted by Gasteiger charge is -2.40. The Morgan fingerprint density at radius 3 is 2.39 bits per heavy atom. The molecule has 0 spiro atoms. The van der Waals surface area contributed by atoms with Gasteiger partial charge >= 0.3 is 0 Å². The van der Waals surface area contributed by atoms with Gasteiger partial charge in [0.1, 0.15) is 13.2 Å². The zero-order valence-corrected chi connectivity index (χ0v) is 14.4. The molecule has 1 amide bonds. The molecule has 2 heterocycles. The third-order valence-corrected chi connectivity index (χ3v) is 4.64. The van der Waals surface area contributed by atoms with Gasteiger partial charge in [-0.3, -0.25) is 4.79 Å². The number of ether oxygens (including phenoxy) is 2. The molecule has 5 heteroatoms. The summed E-state index contributed by atoms with van der Waals surface area (Å²) in [5, 5.41) is 3.47. The second kappa shape index (κ2) is 6.04. The molecule has 2 aliphatic rings. The summed E-state index contributed by atoms with van der Waals surface area (Å²) >= 11 is 0. The lowest BCUT2D eigenvalue weighted by Crippen LogP contribution is -2.58. The lowest BCUT2D eigenvalue weighted by atomic mass is 9.82. The Balaban J connectivity index is 1.84. The fourth-order valence-corrected chi connectivity index (χ4v) is 3.44. The van der Waals surface area contributed by atoms with E-state index in [-0.39, 0.29) is 5.91 Å². The molecule has 5 nitrogen and oxygen atoms in total. The van der Waals surface area contributed by atoms with Crippen LogP contribution in [0.1, 0.15) is 33.3 Å². The van der Waals surface area contributed by atoms with Crippen LogP contribution in [-0.4, -0.2) is 49.2 Å². The number of piperazine rings is 1. The van der Waals surface area contributed by atoms with Gasteiger partial charge in [-0.1, -0.05) is 6.07 Å². The van der Waals surface area contributed by atoms with Crippen molar-refractivity contribution >= 4 is 5.91 Å². The highest BCUT2D eigenvalue weighted by molar-refractivity contribution is 5.87. The fraction of sp³-hybridized carbons (Fsp3) is 0.611. The molecule has 23 heavy (non-hydrogen) atoms. The molecule has 1 saturated heterocycles. The smallest absolute Gasteiger partial charge is 0.232 e. The van der Waals surface area contributed by atoms with Gasteiger partial charge < -0.3 is 19.7 Å². The highest BCUT2D eigenvalue weighted by Crippen LogP contribution is 2.36. The van der Waals surface area contributed by atoms with Crippen LogP contribution < -0.4 is 14.8 Å². The van der Waals surface area contributed by atoms with Crippen molar-refractivity contribution in [3.63, 3.8) is 0 Å². The summed E-state index contributed by atoms with van der Waals surface area (Å²) in [6.07, 6.45) is 0. The molecule has 0 bridgehead atoms. The second-order valence-electron chi connectivity index (χ2n) is 7.16. The molecule has 1 aromatic carbocycles. The number of benzene rings is 1. The van der Waals surface area contributed by atoms with Crippen LogP contribution in [0.2, 0.25) is 0 Å².